The molecule has 0 aliphatic heterocycles. The molecule has 0 radical (unpaired) electrons. The van der Waals surface area contributed by atoms with Crippen LogP contribution in [-0.4, -0.2) is 29.6 Å². The van der Waals surface area contributed by atoms with Crippen LogP contribution in [0.5, 0.6) is 0 Å². The van der Waals surface area contributed by atoms with Crippen LogP contribution < -0.4 is 21.7 Å². The van der Waals surface area contributed by atoms with Gasteiger partial charge in [0.1, 0.15) is 0 Å². The average Bonchev–Trinajstić information content (AvgIpc) is 3.22. The van der Waals surface area contributed by atoms with E-state index in [1.807, 2.05) is 12.3 Å². The molecule has 4 aromatic rings. The molecule has 0 spiro atoms. The number of nitrogens with two attached hydrogens (primary N) is 1. The van der Waals surface area contributed by atoms with Gasteiger partial charge in [-0.25, -0.2) is 0 Å². The molecular formula is C25H30N6. The topological polar surface area (TPSA) is 90.8 Å². The second-order valence-electron chi connectivity index (χ2n) is 7.67. The van der Waals surface area contributed by atoms with Gasteiger partial charge in [-0.2, -0.15) is 0 Å². The van der Waals surface area contributed by atoms with Crippen molar-refractivity contribution in [2.24, 2.45) is 5.73 Å². The molecule has 6 N–H and O–H groups in total. The summed E-state index contributed by atoms with van der Waals surface area (Å²) in [7, 11) is 0. The molecule has 0 bridgehead atoms. The second-order valence-corrected chi connectivity index (χ2v) is 7.67. The Balaban J connectivity index is 1.31. The maximum absolute atomic E-state index is 5.57. The van der Waals surface area contributed by atoms with Crippen LogP contribution in [0.2, 0.25) is 0 Å². The van der Waals surface area contributed by atoms with Crippen molar-refractivity contribution < 1.29 is 0 Å². The standard InChI is InChI=1S/C25H30N6/c1-18(27-15-12-26)25-16-22(11-14-29-25)31-21-8-6-20(7-9-21)28-13-10-19-17-30-24-5-3-2-4-23(19)24/h2-9,11,14,16-18,27-28,30H,10,12-13,15,26H2,1H3,(H,29,31). The van der Waals surface area contributed by atoms with Crippen molar-refractivity contribution in [3.8, 4) is 0 Å². The lowest BCUT2D eigenvalue weighted by molar-refractivity contribution is 0.569. The predicted octanol–water partition coefficient (Wildman–Crippen LogP) is 4.57. The number of nitrogens with zero attached hydrogens (tertiary/aromatic N) is 1. The van der Waals surface area contributed by atoms with Gasteiger partial charge in [-0.15, -0.1) is 0 Å². The van der Waals surface area contributed by atoms with E-state index < -0.39 is 0 Å². The summed E-state index contributed by atoms with van der Waals surface area (Å²) in [5.41, 5.74) is 12.3. The van der Waals surface area contributed by atoms with Crippen LogP contribution in [0.25, 0.3) is 10.9 Å². The molecule has 0 aliphatic carbocycles. The van der Waals surface area contributed by atoms with Crippen molar-refractivity contribution in [1.29, 1.82) is 0 Å². The number of hydrogen-bond acceptors (Lipinski definition) is 5. The minimum atomic E-state index is 0.161. The van der Waals surface area contributed by atoms with Crippen molar-refractivity contribution in [1.82, 2.24) is 15.3 Å². The van der Waals surface area contributed by atoms with Gasteiger partial charge < -0.3 is 26.7 Å². The Bertz CT molecular complexity index is 1100. The van der Waals surface area contributed by atoms with Gasteiger partial charge in [-0.1, -0.05) is 18.2 Å². The molecule has 6 nitrogen and oxygen atoms in total. The Morgan fingerprint density at radius 2 is 1.77 bits per heavy atom. The lowest BCUT2D eigenvalue weighted by Gasteiger charge is -2.14. The summed E-state index contributed by atoms with van der Waals surface area (Å²) >= 11 is 0. The van der Waals surface area contributed by atoms with E-state index in [1.54, 1.807) is 0 Å². The Morgan fingerprint density at radius 3 is 2.61 bits per heavy atom. The van der Waals surface area contributed by atoms with Crippen molar-refractivity contribution in [2.75, 3.05) is 30.3 Å². The van der Waals surface area contributed by atoms with E-state index in [4.69, 9.17) is 5.73 Å². The molecule has 1 unspecified atom stereocenters. The first-order valence-corrected chi connectivity index (χ1v) is 10.8. The monoisotopic (exact) mass is 414 g/mol. The molecule has 0 fully saturated rings. The van der Waals surface area contributed by atoms with E-state index in [2.05, 4.69) is 93.6 Å². The van der Waals surface area contributed by atoms with E-state index in [0.29, 0.717) is 6.54 Å². The molecule has 2 aromatic carbocycles. The number of hydrogen-bond donors (Lipinski definition) is 5. The minimum absolute atomic E-state index is 0.161. The molecule has 0 saturated heterocycles. The molecule has 0 saturated carbocycles. The molecule has 31 heavy (non-hydrogen) atoms. The van der Waals surface area contributed by atoms with Crippen molar-refractivity contribution in [2.45, 2.75) is 19.4 Å². The normalized spacial score (nSPS) is 12.1. The lowest BCUT2D eigenvalue weighted by Crippen LogP contribution is -2.25. The Hall–Kier alpha value is -3.35. The molecule has 0 aliphatic rings. The number of pyridine rings is 1. The SMILES string of the molecule is CC(NCCN)c1cc(Nc2ccc(NCCc3c[nH]c4ccccc34)cc2)ccn1. The third-order valence-corrected chi connectivity index (χ3v) is 5.39. The summed E-state index contributed by atoms with van der Waals surface area (Å²) in [4.78, 5) is 7.80. The second kappa shape index (κ2) is 10.1. The molecule has 6 heteroatoms. The van der Waals surface area contributed by atoms with Crippen molar-refractivity contribution >= 4 is 28.0 Å². The fraction of sp³-hybridized carbons (Fsp3) is 0.240. The van der Waals surface area contributed by atoms with E-state index in [0.717, 1.165) is 42.3 Å². The number of aromatic amines is 1. The highest BCUT2D eigenvalue weighted by Gasteiger charge is 2.07. The summed E-state index contributed by atoms with van der Waals surface area (Å²) in [6.45, 7) is 4.37. The zero-order valence-corrected chi connectivity index (χ0v) is 17.9. The van der Waals surface area contributed by atoms with Crippen LogP contribution in [-0.2, 0) is 6.42 Å². The predicted molar refractivity (Wildman–Crippen MR) is 130 cm³/mol. The van der Waals surface area contributed by atoms with E-state index in [-0.39, 0.29) is 6.04 Å². The van der Waals surface area contributed by atoms with E-state index >= 15 is 0 Å². The zero-order chi connectivity index (χ0) is 21.5. The molecular weight excluding hydrogens is 384 g/mol. The lowest BCUT2D eigenvalue weighted by atomic mass is 10.1. The highest BCUT2D eigenvalue weighted by atomic mass is 14.9. The number of rotatable bonds is 10. The molecule has 160 valence electrons. The number of aromatic nitrogens is 2. The smallest absolute Gasteiger partial charge is 0.0590 e. The van der Waals surface area contributed by atoms with Crippen LogP contribution in [0.4, 0.5) is 17.1 Å². The maximum Gasteiger partial charge on any atom is 0.0590 e. The Labute approximate surface area is 183 Å². The Kier molecular flexibility index (Phi) is 6.82. The van der Waals surface area contributed by atoms with E-state index in [9.17, 15) is 0 Å². The van der Waals surface area contributed by atoms with Crippen LogP contribution in [0, 0.1) is 0 Å². The van der Waals surface area contributed by atoms with Crippen LogP contribution in [0.1, 0.15) is 24.2 Å². The summed E-state index contributed by atoms with van der Waals surface area (Å²) in [6, 6.07) is 21.0. The van der Waals surface area contributed by atoms with Crippen LogP contribution in [0.3, 0.4) is 0 Å². The number of anilines is 3. The summed E-state index contributed by atoms with van der Waals surface area (Å²) in [6.07, 6.45) is 4.91. The number of fused-ring (bicyclic) bond motifs is 1. The van der Waals surface area contributed by atoms with Crippen LogP contribution >= 0.6 is 0 Å². The highest BCUT2D eigenvalue weighted by Crippen LogP contribution is 2.22. The van der Waals surface area contributed by atoms with Crippen LogP contribution in [0.15, 0.2) is 73.1 Å². The van der Waals surface area contributed by atoms with Gasteiger partial charge in [0.25, 0.3) is 0 Å². The van der Waals surface area contributed by atoms with Gasteiger partial charge in [0, 0.05) is 66.0 Å². The molecule has 0 amide bonds. The zero-order valence-electron chi connectivity index (χ0n) is 17.9. The fourth-order valence-electron chi connectivity index (χ4n) is 3.69. The van der Waals surface area contributed by atoms with Gasteiger partial charge in [-0.3, -0.25) is 4.98 Å². The molecule has 2 heterocycles. The number of H-pyrrole nitrogens is 1. The maximum atomic E-state index is 5.57. The average molecular weight is 415 g/mol. The number of para-hydroxylation sites is 1. The van der Waals surface area contributed by atoms with Gasteiger partial charge in [0.05, 0.1) is 5.69 Å². The quantitative estimate of drug-likeness (QED) is 0.262. The Morgan fingerprint density at radius 1 is 0.968 bits per heavy atom. The van der Waals surface area contributed by atoms with Crippen molar-refractivity contribution in [3.05, 3.63) is 84.3 Å². The van der Waals surface area contributed by atoms with Gasteiger partial charge >= 0.3 is 0 Å². The number of benzene rings is 2. The summed E-state index contributed by atoms with van der Waals surface area (Å²) in [5, 5.41) is 11.6. The summed E-state index contributed by atoms with van der Waals surface area (Å²) in [5.74, 6) is 0. The van der Waals surface area contributed by atoms with Gasteiger partial charge in [0.2, 0.25) is 0 Å². The molecule has 1 atom stereocenters. The molecule has 2 aromatic heterocycles. The number of nitrogens with one attached hydrogen (secondary N) is 4. The first kappa shape index (κ1) is 20.9. The summed E-state index contributed by atoms with van der Waals surface area (Å²) < 4.78 is 0. The van der Waals surface area contributed by atoms with Crippen molar-refractivity contribution in [3.63, 3.8) is 0 Å². The third-order valence-electron chi connectivity index (χ3n) is 5.39. The molecule has 4 rings (SSSR count). The van der Waals surface area contributed by atoms with E-state index in [1.165, 1.54) is 16.5 Å². The third kappa shape index (κ3) is 5.42. The minimum Gasteiger partial charge on any atom is -0.385 e. The van der Waals surface area contributed by atoms with Gasteiger partial charge in [0.15, 0.2) is 0 Å². The highest BCUT2D eigenvalue weighted by molar-refractivity contribution is 5.83. The fourth-order valence-corrected chi connectivity index (χ4v) is 3.69. The van der Waals surface area contributed by atoms with Gasteiger partial charge in [-0.05, 0) is 61.4 Å². The first-order chi connectivity index (χ1) is 15.2. The largest absolute Gasteiger partial charge is 0.385 e. The first-order valence-electron chi connectivity index (χ1n) is 10.8.